The number of nitrogens with zero attached hydrogens (tertiary/aromatic N) is 1. The predicted molar refractivity (Wildman–Crippen MR) is 112 cm³/mol. The van der Waals surface area contributed by atoms with Crippen LogP contribution in [0.2, 0.25) is 0 Å². The van der Waals surface area contributed by atoms with E-state index in [1.807, 2.05) is 13.8 Å². The van der Waals surface area contributed by atoms with Crippen LogP contribution in [0.5, 0.6) is 0 Å². The molecule has 4 aliphatic carbocycles. The molecule has 4 aliphatic rings. The molecule has 166 valence electrons. The maximum Gasteiger partial charge on any atom is 0.129 e. The monoisotopic (exact) mass is 408 g/mol. The van der Waals surface area contributed by atoms with E-state index >= 15 is 0 Å². The van der Waals surface area contributed by atoms with Crippen LogP contribution in [0.15, 0.2) is 5.16 Å². The van der Waals surface area contributed by atoms with E-state index in [-0.39, 0.29) is 16.9 Å². The Hall–Kier alpha value is -0.690. The summed E-state index contributed by atoms with van der Waals surface area (Å²) in [5.74, 6) is 1.14. The molecule has 4 saturated carbocycles. The highest BCUT2D eigenvalue weighted by Gasteiger charge is 2.72. The van der Waals surface area contributed by atoms with Gasteiger partial charge in [-0.3, -0.25) is 0 Å². The molecule has 0 amide bonds. The van der Waals surface area contributed by atoms with Crippen molar-refractivity contribution in [1.29, 1.82) is 0 Å². The smallest absolute Gasteiger partial charge is 0.129 e. The highest BCUT2D eigenvalue weighted by atomic mass is 16.6. The first kappa shape index (κ1) is 21.5. The van der Waals surface area contributed by atoms with Gasteiger partial charge in [0, 0.05) is 17.4 Å². The van der Waals surface area contributed by atoms with Gasteiger partial charge in [0.25, 0.3) is 0 Å². The van der Waals surface area contributed by atoms with Crippen LogP contribution in [0.1, 0.15) is 72.6 Å². The van der Waals surface area contributed by atoms with Crippen LogP contribution in [0.3, 0.4) is 0 Å². The fraction of sp³-hybridized carbons (Fsp3) is 0.957. The zero-order valence-electron chi connectivity index (χ0n) is 18.5. The van der Waals surface area contributed by atoms with Crippen LogP contribution < -0.4 is 5.73 Å². The molecule has 0 heterocycles. The van der Waals surface area contributed by atoms with Gasteiger partial charge in [-0.25, -0.2) is 0 Å². The molecule has 3 unspecified atom stereocenters. The van der Waals surface area contributed by atoms with E-state index in [1.165, 1.54) is 0 Å². The second kappa shape index (κ2) is 6.91. The Kier molecular flexibility index (Phi) is 5.13. The second-order valence-corrected chi connectivity index (χ2v) is 11.2. The molecule has 4 rings (SSSR count). The fourth-order valence-corrected chi connectivity index (χ4v) is 8.22. The van der Waals surface area contributed by atoms with Crippen molar-refractivity contribution in [3.8, 4) is 0 Å². The number of aliphatic hydroxyl groups excluding tert-OH is 2. The van der Waals surface area contributed by atoms with Crippen LogP contribution in [0, 0.1) is 34.0 Å². The number of fused-ring (bicyclic) bond motifs is 5. The van der Waals surface area contributed by atoms with E-state index in [4.69, 9.17) is 10.6 Å². The van der Waals surface area contributed by atoms with Crippen molar-refractivity contribution in [3.63, 3.8) is 0 Å². The summed E-state index contributed by atoms with van der Waals surface area (Å²) < 4.78 is 0. The molecule has 6 heteroatoms. The second-order valence-electron chi connectivity index (χ2n) is 11.2. The van der Waals surface area contributed by atoms with E-state index < -0.39 is 17.1 Å². The van der Waals surface area contributed by atoms with Crippen LogP contribution in [0.25, 0.3) is 0 Å². The number of oxime groups is 1. The van der Waals surface area contributed by atoms with Gasteiger partial charge in [0.05, 0.1) is 17.9 Å². The lowest BCUT2D eigenvalue weighted by Crippen LogP contribution is -2.74. The third-order valence-electron chi connectivity index (χ3n) is 9.99. The molecule has 0 aromatic rings. The van der Waals surface area contributed by atoms with E-state index in [9.17, 15) is 15.3 Å². The first-order valence-electron chi connectivity index (χ1n) is 11.5. The van der Waals surface area contributed by atoms with E-state index in [0.29, 0.717) is 37.3 Å². The maximum atomic E-state index is 12.2. The van der Waals surface area contributed by atoms with Gasteiger partial charge >= 0.3 is 0 Å². The van der Waals surface area contributed by atoms with Gasteiger partial charge in [0.1, 0.15) is 12.2 Å². The van der Waals surface area contributed by atoms with E-state index in [2.05, 4.69) is 19.0 Å². The van der Waals surface area contributed by atoms with E-state index in [0.717, 1.165) is 44.2 Å². The third-order valence-corrected chi connectivity index (χ3v) is 9.99. The molecule has 6 nitrogen and oxygen atoms in total. The summed E-state index contributed by atoms with van der Waals surface area (Å²) >= 11 is 0. The quantitative estimate of drug-likeness (QED) is 0.424. The SMILES string of the molecule is CC1(C)/C(=N/OCCN)CC[C@]2(C)[C@@H]3CC[C@]4(C)C(O)CC[C@H]4[C@@H]3CC(O)C12O. The molecule has 0 radical (unpaired) electrons. The molecule has 0 aliphatic heterocycles. The molecule has 4 fully saturated rings. The van der Waals surface area contributed by atoms with Crippen molar-refractivity contribution < 1.29 is 20.2 Å². The standard InChI is InChI=1S/C23H40N2O4/c1-20(2)17(25-29-12-11-24)8-10-22(4)16-7-9-21(3)15(5-6-18(21)26)14(16)13-19(27)23(20,22)28/h14-16,18-19,26-28H,5-13,24H2,1-4H3/b25-17+/t14-,15-,16+,18?,19?,21-,22+,23?/m0/s1. The van der Waals surface area contributed by atoms with Crippen molar-refractivity contribution in [3.05, 3.63) is 0 Å². The predicted octanol–water partition coefficient (Wildman–Crippen LogP) is 2.44. The molecule has 0 spiro atoms. The minimum absolute atomic E-state index is 0.0421. The summed E-state index contributed by atoms with van der Waals surface area (Å²) in [5.41, 5.74) is 3.97. The van der Waals surface area contributed by atoms with Gasteiger partial charge in [-0.05, 0) is 68.1 Å². The van der Waals surface area contributed by atoms with Crippen molar-refractivity contribution in [1.82, 2.24) is 0 Å². The van der Waals surface area contributed by atoms with Gasteiger partial charge in [-0.15, -0.1) is 0 Å². The van der Waals surface area contributed by atoms with Gasteiger partial charge < -0.3 is 25.9 Å². The Bertz CT molecular complexity index is 682. The number of hydrogen-bond donors (Lipinski definition) is 4. The van der Waals surface area contributed by atoms with E-state index in [1.54, 1.807) is 0 Å². The number of hydrogen-bond acceptors (Lipinski definition) is 6. The lowest BCUT2D eigenvalue weighted by atomic mass is 9.38. The van der Waals surface area contributed by atoms with Crippen molar-refractivity contribution in [2.75, 3.05) is 13.2 Å². The van der Waals surface area contributed by atoms with Crippen LogP contribution >= 0.6 is 0 Å². The highest BCUT2D eigenvalue weighted by Crippen LogP contribution is 2.69. The van der Waals surface area contributed by atoms with Crippen LogP contribution in [-0.2, 0) is 4.84 Å². The van der Waals surface area contributed by atoms with Crippen molar-refractivity contribution in [2.24, 2.45) is 44.9 Å². The Balaban J connectivity index is 1.70. The largest absolute Gasteiger partial charge is 0.394 e. The normalized spacial score (nSPS) is 52.6. The maximum absolute atomic E-state index is 12.2. The topological polar surface area (TPSA) is 108 Å². The summed E-state index contributed by atoms with van der Waals surface area (Å²) in [5, 5.41) is 38.6. The molecule has 0 aromatic carbocycles. The lowest BCUT2D eigenvalue weighted by molar-refractivity contribution is -0.276. The summed E-state index contributed by atoms with van der Waals surface area (Å²) in [7, 11) is 0. The number of nitrogens with two attached hydrogens (primary N) is 1. The Morgan fingerprint density at radius 1 is 1.03 bits per heavy atom. The van der Waals surface area contributed by atoms with Crippen LogP contribution in [0.4, 0.5) is 0 Å². The molecular weight excluding hydrogens is 368 g/mol. The Labute approximate surface area is 174 Å². The minimum atomic E-state index is -1.25. The Morgan fingerprint density at radius 3 is 2.45 bits per heavy atom. The minimum Gasteiger partial charge on any atom is -0.394 e. The molecular formula is C23H40N2O4. The number of rotatable bonds is 3. The van der Waals surface area contributed by atoms with Gasteiger partial charge in [0.2, 0.25) is 0 Å². The first-order chi connectivity index (χ1) is 13.5. The molecule has 0 aromatic heterocycles. The molecule has 29 heavy (non-hydrogen) atoms. The van der Waals surface area contributed by atoms with Gasteiger partial charge in [-0.1, -0.05) is 32.9 Å². The zero-order valence-corrected chi connectivity index (χ0v) is 18.5. The van der Waals surface area contributed by atoms with Gasteiger partial charge in [-0.2, -0.15) is 0 Å². The van der Waals surface area contributed by atoms with Crippen molar-refractivity contribution in [2.45, 2.75) is 90.4 Å². The number of aliphatic hydroxyl groups is 3. The Morgan fingerprint density at radius 2 is 1.76 bits per heavy atom. The zero-order chi connectivity index (χ0) is 21.2. The summed E-state index contributed by atoms with van der Waals surface area (Å²) in [4.78, 5) is 5.38. The summed E-state index contributed by atoms with van der Waals surface area (Å²) in [6, 6.07) is 0. The van der Waals surface area contributed by atoms with Gasteiger partial charge in [0.15, 0.2) is 0 Å². The van der Waals surface area contributed by atoms with Crippen LogP contribution in [-0.4, -0.2) is 52.0 Å². The molecule has 0 bridgehead atoms. The molecule has 5 N–H and O–H groups in total. The fourth-order valence-electron chi connectivity index (χ4n) is 8.22. The molecule has 8 atom stereocenters. The third kappa shape index (κ3) is 2.65. The average Bonchev–Trinajstić information content (AvgIpc) is 2.96. The average molecular weight is 409 g/mol. The first-order valence-corrected chi connectivity index (χ1v) is 11.5. The summed E-state index contributed by atoms with van der Waals surface area (Å²) in [6.45, 7) is 9.20. The molecule has 0 saturated heterocycles. The summed E-state index contributed by atoms with van der Waals surface area (Å²) in [6.07, 6.45) is 5.01. The van der Waals surface area contributed by atoms with Crippen molar-refractivity contribution >= 4 is 5.71 Å². The highest BCUT2D eigenvalue weighted by molar-refractivity contribution is 5.91. The lowest BCUT2D eigenvalue weighted by Gasteiger charge is -2.68.